The fourth-order valence-electron chi connectivity index (χ4n) is 5.49. The van der Waals surface area contributed by atoms with E-state index in [1.165, 1.54) is 46.3 Å². The van der Waals surface area contributed by atoms with Crippen LogP contribution in [0.2, 0.25) is 0 Å². The number of thioether (sulfide) groups is 2. The number of hydrogen-bond donors (Lipinski definition) is 1. The lowest BCUT2D eigenvalue weighted by Crippen LogP contribution is -2.54. The lowest BCUT2D eigenvalue weighted by atomic mass is 9.67. The van der Waals surface area contributed by atoms with Crippen molar-refractivity contribution in [3.8, 4) is 0 Å². The van der Waals surface area contributed by atoms with Crippen LogP contribution in [0.1, 0.15) is 40.7 Å². The number of esters is 1. The molecule has 144 valence electrons. The topological polar surface area (TPSA) is 45.3 Å². The van der Waals surface area contributed by atoms with Crippen molar-refractivity contribution < 1.29 is 9.53 Å². The molecule has 0 spiro atoms. The van der Waals surface area contributed by atoms with Gasteiger partial charge in [0.1, 0.15) is 0 Å². The van der Waals surface area contributed by atoms with Crippen LogP contribution in [0.25, 0.3) is 10.9 Å². The molecule has 2 aromatic rings. The van der Waals surface area contributed by atoms with E-state index in [2.05, 4.69) is 65.6 Å². The number of hydrogen-bond acceptors (Lipinski definition) is 5. The molecule has 2 aliphatic heterocycles. The molecule has 3 heterocycles. The summed E-state index contributed by atoms with van der Waals surface area (Å²) in [6.07, 6.45) is 1.93. The first-order chi connectivity index (χ1) is 13.0. The van der Waals surface area contributed by atoms with E-state index in [9.17, 15) is 4.79 Å². The number of carbonyl (C=O) groups excluding carboxylic acids is 1. The Kier molecular flexibility index (Phi) is 4.30. The smallest absolute Gasteiger partial charge is 0.312 e. The van der Waals surface area contributed by atoms with Gasteiger partial charge in [-0.3, -0.25) is 4.79 Å². The van der Waals surface area contributed by atoms with Crippen LogP contribution in [-0.4, -0.2) is 54.1 Å². The largest absolute Gasteiger partial charge is 0.469 e. The number of benzene rings is 1. The van der Waals surface area contributed by atoms with Crippen LogP contribution < -0.4 is 0 Å². The average Bonchev–Trinajstić information content (AvgIpc) is 3.31. The fraction of sp³-hybridized carbons (Fsp3) is 0.571. The molecule has 1 N–H and O–H groups in total. The maximum Gasteiger partial charge on any atom is 0.312 e. The van der Waals surface area contributed by atoms with E-state index in [1.54, 1.807) is 0 Å². The van der Waals surface area contributed by atoms with Crippen LogP contribution in [-0.2, 0) is 16.0 Å². The van der Waals surface area contributed by atoms with E-state index in [0.717, 1.165) is 19.4 Å². The van der Waals surface area contributed by atoms with Crippen molar-refractivity contribution in [2.24, 2.45) is 5.41 Å². The molecule has 3 aliphatic rings. The summed E-state index contributed by atoms with van der Waals surface area (Å²) in [5.74, 6) is 2.76. The molecule has 1 aromatic heterocycles. The number of carbonyl (C=O) groups is 1. The van der Waals surface area contributed by atoms with Gasteiger partial charge in [-0.25, -0.2) is 0 Å². The van der Waals surface area contributed by atoms with Gasteiger partial charge in [-0.15, -0.1) is 23.5 Å². The Labute approximate surface area is 168 Å². The van der Waals surface area contributed by atoms with Crippen molar-refractivity contribution in [2.45, 2.75) is 36.3 Å². The molecule has 3 atom stereocenters. The second-order valence-corrected chi connectivity index (χ2v) is 11.1. The van der Waals surface area contributed by atoms with Crippen molar-refractivity contribution in [2.75, 3.05) is 32.2 Å². The summed E-state index contributed by atoms with van der Waals surface area (Å²) in [5.41, 5.74) is 5.18. The molecule has 0 bridgehead atoms. The molecule has 0 radical (unpaired) electrons. The number of likely N-dealkylation sites (N-methyl/N-ethyl adjacent to an activating group) is 1. The number of rotatable bonds is 2. The number of aromatic amines is 1. The van der Waals surface area contributed by atoms with Gasteiger partial charge in [-0.1, -0.05) is 12.1 Å². The first kappa shape index (κ1) is 18.0. The van der Waals surface area contributed by atoms with Crippen LogP contribution in [0.3, 0.4) is 0 Å². The third-order valence-electron chi connectivity index (χ3n) is 6.64. The number of methoxy groups -OCH3 is 1. The van der Waals surface area contributed by atoms with Crippen molar-refractivity contribution in [1.82, 2.24) is 9.88 Å². The summed E-state index contributed by atoms with van der Waals surface area (Å²) in [7, 11) is 3.68. The molecule has 0 amide bonds. The number of H-pyrrole nitrogens is 1. The molecule has 5 rings (SSSR count). The Balaban J connectivity index is 1.63. The first-order valence-electron chi connectivity index (χ1n) is 9.67. The number of piperidine rings is 1. The maximum absolute atomic E-state index is 12.5. The minimum atomic E-state index is -0.444. The molecule has 4 nitrogen and oxygen atoms in total. The summed E-state index contributed by atoms with van der Waals surface area (Å²) in [6, 6.07) is 7.12. The predicted octanol–water partition coefficient (Wildman–Crippen LogP) is 4.17. The Morgan fingerprint density at radius 2 is 2.11 bits per heavy atom. The summed E-state index contributed by atoms with van der Waals surface area (Å²) in [5, 5.41) is 1.42. The first-order valence-corrected chi connectivity index (χ1v) is 11.8. The van der Waals surface area contributed by atoms with Crippen molar-refractivity contribution in [1.29, 1.82) is 0 Å². The third kappa shape index (κ3) is 2.67. The maximum atomic E-state index is 12.5. The van der Waals surface area contributed by atoms with Crippen LogP contribution in [0.4, 0.5) is 0 Å². The van der Waals surface area contributed by atoms with Gasteiger partial charge in [0.05, 0.1) is 17.1 Å². The normalized spacial score (nSPS) is 31.2. The number of nitrogens with one attached hydrogen (secondary N) is 1. The standard InChI is InChI=1S/C21H26N2O2S2/c1-21(20(24)25-3)10-14-12-5-4-6-15-17(12)13(9-16(14)23(2)11-21)18(22-15)19-26-7-8-27-19/h4-6,14,16,19,22H,7-11H2,1-3H3/t14-,16-,21-/m1/s1. The van der Waals surface area contributed by atoms with E-state index in [4.69, 9.17) is 4.74 Å². The molecule has 6 heteroatoms. The highest BCUT2D eigenvalue weighted by atomic mass is 32.2. The predicted molar refractivity (Wildman–Crippen MR) is 114 cm³/mol. The average molecular weight is 403 g/mol. The van der Waals surface area contributed by atoms with Crippen LogP contribution in [0, 0.1) is 5.41 Å². The lowest BCUT2D eigenvalue weighted by molar-refractivity contribution is -0.156. The second-order valence-electron chi connectivity index (χ2n) is 8.41. The second kappa shape index (κ2) is 6.46. The highest BCUT2D eigenvalue weighted by Crippen LogP contribution is 2.53. The third-order valence-corrected chi connectivity index (χ3v) is 9.67. The summed E-state index contributed by atoms with van der Waals surface area (Å²) >= 11 is 4.13. The zero-order valence-corrected chi connectivity index (χ0v) is 17.7. The molecule has 27 heavy (non-hydrogen) atoms. The number of aromatic nitrogens is 1. The van der Waals surface area contributed by atoms with Gasteiger partial charge in [-0.2, -0.15) is 0 Å². The molecule has 0 saturated carbocycles. The van der Waals surface area contributed by atoms with E-state index in [0.29, 0.717) is 16.5 Å². The Morgan fingerprint density at radius 1 is 1.33 bits per heavy atom. The molecular weight excluding hydrogens is 376 g/mol. The quantitative estimate of drug-likeness (QED) is 0.764. The van der Waals surface area contributed by atoms with Crippen molar-refractivity contribution >= 4 is 40.4 Å². The summed E-state index contributed by atoms with van der Waals surface area (Å²) < 4.78 is 5.69. The van der Waals surface area contributed by atoms with Crippen molar-refractivity contribution in [3.05, 3.63) is 35.0 Å². The number of ether oxygens (including phenoxy) is 1. The van der Waals surface area contributed by atoms with E-state index in [-0.39, 0.29) is 5.97 Å². The minimum absolute atomic E-state index is 0.0840. The molecule has 2 saturated heterocycles. The zero-order chi connectivity index (χ0) is 18.8. The van der Waals surface area contributed by atoms with Crippen LogP contribution >= 0.6 is 23.5 Å². The van der Waals surface area contributed by atoms with Gasteiger partial charge in [0.25, 0.3) is 0 Å². The van der Waals surface area contributed by atoms with Gasteiger partial charge in [0.2, 0.25) is 0 Å². The van der Waals surface area contributed by atoms with Crippen LogP contribution in [0.15, 0.2) is 18.2 Å². The molecule has 1 aliphatic carbocycles. The van der Waals surface area contributed by atoms with Gasteiger partial charge in [-0.05, 0) is 44.0 Å². The highest BCUT2D eigenvalue weighted by Gasteiger charge is 2.49. The van der Waals surface area contributed by atoms with Gasteiger partial charge >= 0.3 is 5.97 Å². The lowest BCUT2D eigenvalue weighted by Gasteiger charge is -2.49. The van der Waals surface area contributed by atoms with Crippen LogP contribution in [0.5, 0.6) is 0 Å². The zero-order valence-electron chi connectivity index (χ0n) is 16.1. The van der Waals surface area contributed by atoms with E-state index < -0.39 is 5.41 Å². The molecule has 1 aromatic carbocycles. The van der Waals surface area contributed by atoms with E-state index in [1.807, 2.05) is 0 Å². The number of nitrogens with zero attached hydrogens (tertiary/aromatic N) is 1. The molecule has 2 fully saturated rings. The fourth-order valence-corrected chi connectivity index (χ4v) is 8.39. The van der Waals surface area contributed by atoms with Gasteiger partial charge in [0, 0.05) is 46.6 Å². The summed E-state index contributed by atoms with van der Waals surface area (Å²) in [4.78, 5) is 18.7. The highest BCUT2D eigenvalue weighted by molar-refractivity contribution is 8.19. The molecular formula is C21H26N2O2S2. The summed E-state index contributed by atoms with van der Waals surface area (Å²) in [6.45, 7) is 2.83. The molecule has 0 unspecified atom stereocenters. The Bertz CT molecular complexity index is 905. The minimum Gasteiger partial charge on any atom is -0.469 e. The number of fused-ring (bicyclic) bond motifs is 2. The van der Waals surface area contributed by atoms with Crippen molar-refractivity contribution in [3.63, 3.8) is 0 Å². The Morgan fingerprint density at radius 3 is 2.85 bits per heavy atom. The monoisotopic (exact) mass is 402 g/mol. The SMILES string of the molecule is COC(=O)[C@]1(C)C[C@@H]2c3cccc4[nH]c(C5SCCS5)c(c34)C[C@H]2N(C)C1. The van der Waals surface area contributed by atoms with Gasteiger partial charge < -0.3 is 14.6 Å². The van der Waals surface area contributed by atoms with Gasteiger partial charge in [0.15, 0.2) is 0 Å². The van der Waals surface area contributed by atoms with E-state index >= 15 is 0 Å². The number of likely N-dealkylation sites (tertiary alicyclic amines) is 1. The Hall–Kier alpha value is -1.11.